The summed E-state index contributed by atoms with van der Waals surface area (Å²) in [6.07, 6.45) is 0. The fraction of sp³-hybridized carbons (Fsp3) is 0.0952. The maximum atomic E-state index is 6.00. The van der Waals surface area contributed by atoms with Gasteiger partial charge in [-0.25, -0.2) is 0 Å². The predicted octanol–water partition coefficient (Wildman–Crippen LogP) is 5.04. The Morgan fingerprint density at radius 2 is 1.58 bits per heavy atom. The van der Waals surface area contributed by atoms with Crippen LogP contribution in [0.4, 0.5) is 0 Å². The second-order valence-electron chi connectivity index (χ2n) is 6.26. The molecule has 0 unspecified atom stereocenters. The van der Waals surface area contributed by atoms with Crippen LogP contribution in [0.1, 0.15) is 5.56 Å². The lowest BCUT2D eigenvalue weighted by atomic mass is 10.1. The molecule has 0 saturated carbocycles. The molecule has 128 valence electrons. The first kappa shape index (κ1) is 14.8. The van der Waals surface area contributed by atoms with Crippen molar-refractivity contribution in [3.63, 3.8) is 0 Å². The number of furan rings is 1. The Morgan fingerprint density at radius 3 is 2.46 bits per heavy atom. The third-order valence-electron chi connectivity index (χ3n) is 4.45. The van der Waals surface area contributed by atoms with E-state index in [1.807, 2.05) is 36.4 Å². The van der Waals surface area contributed by atoms with Crippen LogP contribution < -0.4 is 9.47 Å². The average molecular weight is 344 g/mol. The summed E-state index contributed by atoms with van der Waals surface area (Å²) in [5, 5.41) is 7.45. The van der Waals surface area contributed by atoms with E-state index >= 15 is 0 Å². The Bertz CT molecular complexity index is 1080. The first-order valence-electron chi connectivity index (χ1n) is 8.39. The van der Waals surface area contributed by atoms with Crippen LogP contribution in [0.3, 0.4) is 0 Å². The van der Waals surface area contributed by atoms with Crippen molar-refractivity contribution in [2.75, 3.05) is 6.79 Å². The Labute approximate surface area is 150 Å². The molecule has 0 saturated heterocycles. The van der Waals surface area contributed by atoms with Gasteiger partial charge in [-0.15, -0.1) is 0 Å². The number of fused-ring (bicyclic) bond motifs is 1. The zero-order valence-electron chi connectivity index (χ0n) is 14.2. The number of nitrogens with zero attached hydrogens (tertiary/aromatic N) is 1. The van der Waals surface area contributed by atoms with Crippen molar-refractivity contribution in [2.24, 2.45) is 0 Å². The van der Waals surface area contributed by atoms with Crippen molar-refractivity contribution >= 4 is 0 Å². The highest BCUT2D eigenvalue weighted by Gasteiger charge is 2.16. The second-order valence-corrected chi connectivity index (χ2v) is 6.26. The summed E-state index contributed by atoms with van der Waals surface area (Å²) in [7, 11) is 0. The van der Waals surface area contributed by atoms with Crippen molar-refractivity contribution < 1.29 is 13.9 Å². The fourth-order valence-electron chi connectivity index (χ4n) is 3.01. The number of H-pyrrole nitrogens is 1. The molecule has 1 aliphatic rings. The lowest BCUT2D eigenvalue weighted by Crippen LogP contribution is -1.92. The molecule has 26 heavy (non-hydrogen) atoms. The first-order valence-corrected chi connectivity index (χ1v) is 8.39. The predicted molar refractivity (Wildman–Crippen MR) is 98.0 cm³/mol. The molecule has 3 heterocycles. The number of aromatic amines is 1. The molecule has 0 aliphatic carbocycles. The molecule has 4 aromatic rings. The smallest absolute Gasteiger partial charge is 0.231 e. The molecule has 2 aromatic carbocycles. The number of nitrogens with one attached hydrogen (secondary N) is 1. The summed E-state index contributed by atoms with van der Waals surface area (Å²) in [5.41, 5.74) is 4.89. The number of hydrogen-bond acceptors (Lipinski definition) is 4. The summed E-state index contributed by atoms with van der Waals surface area (Å²) >= 11 is 0. The third-order valence-corrected chi connectivity index (χ3v) is 4.45. The standard InChI is InChI=1S/C21H16N2O3/c1-13-2-4-14(5-3-13)18-8-9-19(26-18)17-11-16(22-23-17)15-6-7-20-21(10-15)25-12-24-20/h2-11H,12H2,1H3,(H,22,23). The van der Waals surface area contributed by atoms with E-state index in [2.05, 4.69) is 41.4 Å². The Morgan fingerprint density at radius 1 is 0.808 bits per heavy atom. The van der Waals surface area contributed by atoms with Gasteiger partial charge in [0.25, 0.3) is 0 Å². The van der Waals surface area contributed by atoms with Gasteiger partial charge in [0.05, 0.1) is 5.69 Å². The molecule has 0 spiro atoms. The van der Waals surface area contributed by atoms with Crippen molar-refractivity contribution in [1.82, 2.24) is 10.2 Å². The van der Waals surface area contributed by atoms with Gasteiger partial charge >= 0.3 is 0 Å². The van der Waals surface area contributed by atoms with Gasteiger partial charge in [0.1, 0.15) is 11.5 Å². The van der Waals surface area contributed by atoms with Crippen LogP contribution in [0.25, 0.3) is 34.0 Å². The third kappa shape index (κ3) is 2.54. The molecule has 0 fully saturated rings. The zero-order valence-corrected chi connectivity index (χ0v) is 14.2. The lowest BCUT2D eigenvalue weighted by Gasteiger charge is -1.99. The van der Waals surface area contributed by atoms with Crippen LogP contribution in [0.5, 0.6) is 11.5 Å². The minimum Gasteiger partial charge on any atom is -0.454 e. The topological polar surface area (TPSA) is 60.3 Å². The van der Waals surface area contributed by atoms with Crippen molar-refractivity contribution in [2.45, 2.75) is 6.92 Å². The highest BCUT2D eigenvalue weighted by atomic mass is 16.7. The molecule has 5 heteroatoms. The van der Waals surface area contributed by atoms with E-state index in [-0.39, 0.29) is 6.79 Å². The van der Waals surface area contributed by atoms with Crippen molar-refractivity contribution in [3.05, 3.63) is 66.2 Å². The fourth-order valence-corrected chi connectivity index (χ4v) is 3.01. The van der Waals surface area contributed by atoms with Crippen LogP contribution >= 0.6 is 0 Å². The summed E-state index contributed by atoms with van der Waals surface area (Å²) in [5.74, 6) is 3.09. The normalized spacial score (nSPS) is 12.5. The molecule has 5 rings (SSSR count). The zero-order chi connectivity index (χ0) is 17.5. The SMILES string of the molecule is Cc1ccc(-c2ccc(-c3cc(-c4ccc5c(c4)OCO5)n[nH]3)o2)cc1. The van der Waals surface area contributed by atoms with Crippen LogP contribution in [-0.4, -0.2) is 17.0 Å². The van der Waals surface area contributed by atoms with Gasteiger partial charge in [0, 0.05) is 11.1 Å². The molecule has 0 atom stereocenters. The van der Waals surface area contributed by atoms with Gasteiger partial charge in [0.2, 0.25) is 6.79 Å². The molecule has 0 radical (unpaired) electrons. The number of benzene rings is 2. The van der Waals surface area contributed by atoms with Gasteiger partial charge in [-0.2, -0.15) is 5.10 Å². The summed E-state index contributed by atoms with van der Waals surface area (Å²) in [6.45, 7) is 2.33. The summed E-state index contributed by atoms with van der Waals surface area (Å²) in [6, 6.07) is 20.0. The van der Waals surface area contributed by atoms with Gasteiger partial charge in [-0.1, -0.05) is 29.8 Å². The Balaban J connectivity index is 1.44. The largest absolute Gasteiger partial charge is 0.454 e. The Kier molecular flexibility index (Phi) is 3.31. The highest BCUT2D eigenvalue weighted by molar-refractivity contribution is 5.70. The molecule has 1 N–H and O–H groups in total. The van der Waals surface area contributed by atoms with Crippen LogP contribution in [0.2, 0.25) is 0 Å². The average Bonchev–Trinajstić information content (AvgIpc) is 3.40. The number of hydrogen-bond donors (Lipinski definition) is 1. The molecular weight excluding hydrogens is 328 g/mol. The summed E-state index contributed by atoms with van der Waals surface area (Å²) in [4.78, 5) is 0. The van der Waals surface area contributed by atoms with Gasteiger partial charge in [-0.3, -0.25) is 5.10 Å². The van der Waals surface area contributed by atoms with Gasteiger partial charge in [-0.05, 0) is 43.3 Å². The molecule has 5 nitrogen and oxygen atoms in total. The van der Waals surface area contributed by atoms with Gasteiger partial charge in [0.15, 0.2) is 17.3 Å². The molecule has 2 aromatic heterocycles. The van der Waals surface area contributed by atoms with E-state index in [9.17, 15) is 0 Å². The van der Waals surface area contributed by atoms with E-state index < -0.39 is 0 Å². The van der Waals surface area contributed by atoms with E-state index in [0.29, 0.717) is 0 Å². The second kappa shape index (κ2) is 5.81. The molecular formula is C21H16N2O3. The van der Waals surface area contributed by atoms with E-state index in [1.54, 1.807) is 0 Å². The first-order chi connectivity index (χ1) is 12.8. The minimum atomic E-state index is 0.263. The summed E-state index contributed by atoms with van der Waals surface area (Å²) < 4.78 is 16.8. The lowest BCUT2D eigenvalue weighted by molar-refractivity contribution is 0.174. The highest BCUT2D eigenvalue weighted by Crippen LogP contribution is 2.36. The quantitative estimate of drug-likeness (QED) is 0.565. The van der Waals surface area contributed by atoms with Crippen LogP contribution in [-0.2, 0) is 0 Å². The maximum Gasteiger partial charge on any atom is 0.231 e. The number of aryl methyl sites for hydroxylation is 1. The van der Waals surface area contributed by atoms with E-state index in [1.165, 1.54) is 5.56 Å². The molecule has 0 amide bonds. The number of ether oxygens (including phenoxy) is 2. The monoisotopic (exact) mass is 344 g/mol. The maximum absolute atomic E-state index is 6.00. The van der Waals surface area contributed by atoms with Crippen molar-refractivity contribution in [3.8, 4) is 45.5 Å². The van der Waals surface area contributed by atoms with Crippen molar-refractivity contribution in [1.29, 1.82) is 0 Å². The molecule has 0 bridgehead atoms. The number of aromatic nitrogens is 2. The van der Waals surface area contributed by atoms with Crippen LogP contribution in [0, 0.1) is 6.92 Å². The van der Waals surface area contributed by atoms with Gasteiger partial charge < -0.3 is 13.9 Å². The number of rotatable bonds is 3. The van der Waals surface area contributed by atoms with E-state index in [4.69, 9.17) is 13.9 Å². The Hall–Kier alpha value is -3.47. The van der Waals surface area contributed by atoms with E-state index in [0.717, 1.165) is 45.5 Å². The molecule has 1 aliphatic heterocycles. The van der Waals surface area contributed by atoms with Crippen LogP contribution in [0.15, 0.2) is 65.1 Å². The minimum absolute atomic E-state index is 0.263.